The molecule has 2 aromatic carbocycles. The fraction of sp³-hybridized carbons (Fsp3) is 0.364. The number of rotatable bonds is 8. The number of anilines is 1. The Morgan fingerprint density at radius 1 is 1.12 bits per heavy atom. The number of benzene rings is 2. The van der Waals surface area contributed by atoms with E-state index in [0.29, 0.717) is 19.0 Å². The van der Waals surface area contributed by atoms with Crippen LogP contribution in [0.25, 0.3) is 0 Å². The molecule has 1 heterocycles. The standard InChI is InChI=1S/C22H27N3O6S/c1-16(26)23-19(17-6-4-3-5-7-17)15-22(27)24-20-14-18(8-9-21(20)30-2)32(28,29)25-10-12-31-13-11-25/h3-9,14,19H,10-13,15H2,1-2H3,(H,23,26)(H,24,27). The van der Waals surface area contributed by atoms with Gasteiger partial charge in [-0.25, -0.2) is 8.42 Å². The van der Waals surface area contributed by atoms with Crippen LogP contribution in [0.1, 0.15) is 24.9 Å². The van der Waals surface area contributed by atoms with E-state index in [1.54, 1.807) is 0 Å². The first-order chi connectivity index (χ1) is 15.3. The second-order valence-corrected chi connectivity index (χ2v) is 9.23. The average molecular weight is 462 g/mol. The number of carbonyl (C=O) groups excluding carboxylic acids is 2. The van der Waals surface area contributed by atoms with Gasteiger partial charge in [0, 0.05) is 20.0 Å². The van der Waals surface area contributed by atoms with Crippen molar-refractivity contribution >= 4 is 27.5 Å². The number of methoxy groups -OCH3 is 1. The van der Waals surface area contributed by atoms with E-state index in [0.717, 1.165) is 5.56 Å². The molecule has 1 aliphatic rings. The molecule has 1 unspecified atom stereocenters. The summed E-state index contributed by atoms with van der Waals surface area (Å²) in [6.45, 7) is 2.60. The number of carbonyl (C=O) groups is 2. The number of ether oxygens (including phenoxy) is 2. The number of nitrogens with one attached hydrogen (secondary N) is 2. The maximum Gasteiger partial charge on any atom is 0.243 e. The molecular formula is C22H27N3O6S. The lowest BCUT2D eigenvalue weighted by Crippen LogP contribution is -2.40. The first-order valence-electron chi connectivity index (χ1n) is 10.2. The number of sulfonamides is 1. The summed E-state index contributed by atoms with van der Waals surface area (Å²) < 4.78 is 37.8. The third-order valence-corrected chi connectivity index (χ3v) is 6.92. The van der Waals surface area contributed by atoms with E-state index in [9.17, 15) is 18.0 Å². The van der Waals surface area contributed by atoms with E-state index in [1.165, 1.54) is 36.5 Å². The van der Waals surface area contributed by atoms with E-state index in [4.69, 9.17) is 9.47 Å². The van der Waals surface area contributed by atoms with Crippen molar-refractivity contribution in [1.29, 1.82) is 0 Å². The van der Waals surface area contributed by atoms with Gasteiger partial charge in [-0.05, 0) is 23.8 Å². The van der Waals surface area contributed by atoms with Gasteiger partial charge in [-0.1, -0.05) is 30.3 Å². The zero-order valence-corrected chi connectivity index (χ0v) is 18.9. The van der Waals surface area contributed by atoms with Gasteiger partial charge in [0.25, 0.3) is 0 Å². The molecule has 0 aliphatic carbocycles. The van der Waals surface area contributed by atoms with Crippen molar-refractivity contribution in [2.24, 2.45) is 0 Å². The first kappa shape index (κ1) is 23.7. The van der Waals surface area contributed by atoms with E-state index in [2.05, 4.69) is 10.6 Å². The number of amides is 2. The van der Waals surface area contributed by atoms with Crippen LogP contribution in [0.3, 0.4) is 0 Å². The number of morpholine rings is 1. The summed E-state index contributed by atoms with van der Waals surface area (Å²) in [5, 5.41) is 5.50. The summed E-state index contributed by atoms with van der Waals surface area (Å²) >= 11 is 0. The van der Waals surface area contributed by atoms with Crippen LogP contribution in [-0.4, -0.2) is 58.0 Å². The highest BCUT2D eigenvalue weighted by molar-refractivity contribution is 7.89. The summed E-state index contributed by atoms with van der Waals surface area (Å²) in [5.41, 5.74) is 1.02. The molecule has 0 radical (unpaired) electrons. The summed E-state index contributed by atoms with van der Waals surface area (Å²) in [6.07, 6.45) is -0.0345. The highest BCUT2D eigenvalue weighted by Gasteiger charge is 2.27. The van der Waals surface area contributed by atoms with Crippen molar-refractivity contribution in [3.8, 4) is 5.75 Å². The van der Waals surface area contributed by atoms with Crippen LogP contribution >= 0.6 is 0 Å². The maximum absolute atomic E-state index is 13.0. The minimum atomic E-state index is -3.74. The van der Waals surface area contributed by atoms with E-state index >= 15 is 0 Å². The van der Waals surface area contributed by atoms with Crippen molar-refractivity contribution in [3.63, 3.8) is 0 Å². The van der Waals surface area contributed by atoms with Crippen molar-refractivity contribution < 1.29 is 27.5 Å². The van der Waals surface area contributed by atoms with Crippen LogP contribution in [0.4, 0.5) is 5.69 Å². The molecule has 1 atom stereocenters. The topological polar surface area (TPSA) is 114 Å². The normalized spacial score (nSPS) is 15.6. The maximum atomic E-state index is 13.0. The Labute approximate surface area is 187 Å². The lowest BCUT2D eigenvalue weighted by Gasteiger charge is -2.26. The van der Waals surface area contributed by atoms with Gasteiger partial charge in [-0.2, -0.15) is 4.31 Å². The molecule has 0 aromatic heterocycles. The van der Waals surface area contributed by atoms with E-state index in [-0.39, 0.29) is 36.0 Å². The molecule has 1 aliphatic heterocycles. The molecule has 2 N–H and O–H groups in total. The molecule has 0 bridgehead atoms. The van der Waals surface area contributed by atoms with Gasteiger partial charge in [0.15, 0.2) is 0 Å². The molecule has 0 spiro atoms. The molecule has 1 saturated heterocycles. The fourth-order valence-electron chi connectivity index (χ4n) is 3.45. The first-order valence-corrected chi connectivity index (χ1v) is 11.6. The second-order valence-electron chi connectivity index (χ2n) is 7.29. The van der Waals surface area contributed by atoms with Crippen LogP contribution in [0.2, 0.25) is 0 Å². The summed E-state index contributed by atoms with van der Waals surface area (Å²) in [4.78, 5) is 24.5. The van der Waals surface area contributed by atoms with Gasteiger partial charge in [0.2, 0.25) is 21.8 Å². The van der Waals surface area contributed by atoms with Gasteiger partial charge in [-0.15, -0.1) is 0 Å². The highest BCUT2D eigenvalue weighted by Crippen LogP contribution is 2.30. The predicted molar refractivity (Wildman–Crippen MR) is 119 cm³/mol. The minimum Gasteiger partial charge on any atom is -0.495 e. The van der Waals surface area contributed by atoms with Crippen molar-refractivity contribution in [2.75, 3.05) is 38.7 Å². The zero-order chi connectivity index (χ0) is 23.1. The van der Waals surface area contributed by atoms with Crippen LogP contribution in [0.5, 0.6) is 5.75 Å². The van der Waals surface area contributed by atoms with E-state index in [1.807, 2.05) is 30.3 Å². The third-order valence-electron chi connectivity index (χ3n) is 5.02. The Kier molecular flexibility index (Phi) is 7.84. The quantitative estimate of drug-likeness (QED) is 0.621. The van der Waals surface area contributed by atoms with Gasteiger partial charge in [-0.3, -0.25) is 9.59 Å². The smallest absolute Gasteiger partial charge is 0.243 e. The zero-order valence-electron chi connectivity index (χ0n) is 18.0. The molecule has 3 rings (SSSR count). The van der Waals surface area contributed by atoms with Gasteiger partial charge < -0.3 is 20.1 Å². The molecule has 32 heavy (non-hydrogen) atoms. The molecule has 172 valence electrons. The molecule has 2 aromatic rings. The Balaban J connectivity index is 1.81. The molecular weight excluding hydrogens is 434 g/mol. The molecule has 9 nitrogen and oxygen atoms in total. The van der Waals surface area contributed by atoms with Gasteiger partial charge in [0.05, 0.1) is 43.4 Å². The lowest BCUT2D eigenvalue weighted by atomic mass is 10.0. The predicted octanol–water partition coefficient (Wildman–Crippen LogP) is 1.92. The second kappa shape index (κ2) is 10.6. The largest absolute Gasteiger partial charge is 0.495 e. The molecule has 1 fully saturated rings. The third kappa shape index (κ3) is 5.84. The summed E-state index contributed by atoms with van der Waals surface area (Å²) in [7, 11) is -2.30. The Bertz CT molecular complexity index is 1050. The van der Waals surface area contributed by atoms with Gasteiger partial charge >= 0.3 is 0 Å². The van der Waals surface area contributed by atoms with Gasteiger partial charge in [0.1, 0.15) is 5.75 Å². The Morgan fingerprint density at radius 2 is 1.81 bits per heavy atom. The molecule has 0 saturated carbocycles. The van der Waals surface area contributed by atoms with Crippen LogP contribution in [0.15, 0.2) is 53.4 Å². The average Bonchev–Trinajstić information content (AvgIpc) is 2.79. The van der Waals surface area contributed by atoms with Crippen molar-refractivity contribution in [1.82, 2.24) is 9.62 Å². The molecule has 10 heteroatoms. The Morgan fingerprint density at radius 3 is 2.44 bits per heavy atom. The number of nitrogens with zero attached hydrogens (tertiary/aromatic N) is 1. The summed E-state index contributed by atoms with van der Waals surface area (Å²) in [5.74, 6) is -0.329. The Hall–Kier alpha value is -2.95. The van der Waals surface area contributed by atoms with Crippen LogP contribution < -0.4 is 15.4 Å². The molecule has 2 amide bonds. The number of hydrogen-bond donors (Lipinski definition) is 2. The van der Waals surface area contributed by atoms with Crippen molar-refractivity contribution in [2.45, 2.75) is 24.3 Å². The summed E-state index contributed by atoms with van der Waals surface area (Å²) in [6, 6.07) is 13.0. The van der Waals surface area contributed by atoms with E-state index < -0.39 is 22.0 Å². The SMILES string of the molecule is COc1ccc(S(=O)(=O)N2CCOCC2)cc1NC(=O)CC(NC(C)=O)c1ccccc1. The van der Waals surface area contributed by atoms with Crippen LogP contribution in [-0.2, 0) is 24.3 Å². The monoisotopic (exact) mass is 461 g/mol. The number of hydrogen-bond acceptors (Lipinski definition) is 6. The van der Waals surface area contributed by atoms with Crippen molar-refractivity contribution in [3.05, 3.63) is 54.1 Å². The highest BCUT2D eigenvalue weighted by atomic mass is 32.2. The lowest BCUT2D eigenvalue weighted by molar-refractivity contribution is -0.120. The minimum absolute atomic E-state index is 0.0345. The fourth-order valence-corrected chi connectivity index (χ4v) is 4.89. The van der Waals surface area contributed by atoms with Crippen LogP contribution in [0, 0.1) is 0 Å².